The monoisotopic (exact) mass is 315 g/mol. The van der Waals surface area contributed by atoms with Gasteiger partial charge in [0.2, 0.25) is 6.79 Å². The molecule has 116 valence electrons. The molecule has 2 N–H and O–H groups in total. The fourth-order valence-electron chi connectivity index (χ4n) is 3.23. The zero-order valence-corrected chi connectivity index (χ0v) is 14.2. The highest BCUT2D eigenvalue weighted by atomic mass is 28.4. The van der Waals surface area contributed by atoms with Crippen LogP contribution in [0.4, 0.5) is 5.69 Å². The van der Waals surface area contributed by atoms with Crippen molar-refractivity contribution in [1.82, 2.24) is 0 Å². The molecule has 1 saturated carbocycles. The number of fused-ring (bicyclic) bond motifs is 2. The minimum absolute atomic E-state index is 0.168. The SMILES string of the molecule is C[Si](C)(C)OC1(c2cc3cc4c(cc3cc2N)OCO4)CC1. The third-order valence-electron chi connectivity index (χ3n) is 4.20. The van der Waals surface area contributed by atoms with Gasteiger partial charge in [-0.2, -0.15) is 0 Å². The molecule has 2 aromatic carbocycles. The van der Waals surface area contributed by atoms with Gasteiger partial charge < -0.3 is 19.6 Å². The Morgan fingerprint density at radius 3 is 2.14 bits per heavy atom. The van der Waals surface area contributed by atoms with Crippen LogP contribution >= 0.6 is 0 Å². The fraction of sp³-hybridized carbons (Fsp3) is 0.412. The second-order valence-corrected chi connectivity index (χ2v) is 11.6. The van der Waals surface area contributed by atoms with E-state index in [1.807, 2.05) is 18.2 Å². The molecule has 0 unspecified atom stereocenters. The summed E-state index contributed by atoms with van der Waals surface area (Å²) in [5.41, 5.74) is 8.11. The molecule has 0 atom stereocenters. The standard InChI is InChI=1S/C17H21NO3Si/c1-22(2,3)21-17(4-5-17)13-6-11-8-15-16(20-10-19-15)9-12(11)7-14(13)18/h6-9H,4-5,10,18H2,1-3H3. The first-order chi connectivity index (χ1) is 10.4. The first-order valence-corrected chi connectivity index (χ1v) is 11.1. The van der Waals surface area contributed by atoms with Gasteiger partial charge in [-0.15, -0.1) is 0 Å². The summed E-state index contributed by atoms with van der Waals surface area (Å²) in [7, 11) is -1.62. The molecular weight excluding hydrogens is 294 g/mol. The molecule has 4 nitrogen and oxygen atoms in total. The van der Waals surface area contributed by atoms with Crippen LogP contribution in [0.3, 0.4) is 0 Å². The van der Waals surface area contributed by atoms with Crippen LogP contribution in [-0.4, -0.2) is 15.1 Å². The van der Waals surface area contributed by atoms with Crippen LogP contribution in [0.25, 0.3) is 10.8 Å². The van der Waals surface area contributed by atoms with E-state index in [0.29, 0.717) is 0 Å². The van der Waals surface area contributed by atoms with Crippen molar-refractivity contribution in [3.05, 3.63) is 29.8 Å². The van der Waals surface area contributed by atoms with Crippen LogP contribution in [0, 0.1) is 0 Å². The highest BCUT2D eigenvalue weighted by Gasteiger charge is 2.49. The summed E-state index contributed by atoms with van der Waals surface area (Å²) >= 11 is 0. The molecule has 0 radical (unpaired) electrons. The summed E-state index contributed by atoms with van der Waals surface area (Å²) in [6, 6.07) is 8.22. The first-order valence-electron chi connectivity index (χ1n) is 7.70. The van der Waals surface area contributed by atoms with Gasteiger partial charge >= 0.3 is 0 Å². The molecule has 1 aliphatic carbocycles. The van der Waals surface area contributed by atoms with Crippen LogP contribution in [0.5, 0.6) is 11.5 Å². The second-order valence-electron chi connectivity index (χ2n) is 7.20. The Hall–Kier alpha value is -1.72. The van der Waals surface area contributed by atoms with Gasteiger partial charge in [-0.05, 0) is 67.5 Å². The Bertz CT molecular complexity index is 763. The van der Waals surface area contributed by atoms with E-state index in [1.165, 1.54) is 0 Å². The molecule has 4 rings (SSSR count). The van der Waals surface area contributed by atoms with E-state index in [1.54, 1.807) is 0 Å². The Kier molecular flexibility index (Phi) is 2.78. The Morgan fingerprint density at radius 2 is 1.59 bits per heavy atom. The van der Waals surface area contributed by atoms with Gasteiger partial charge in [-0.3, -0.25) is 0 Å². The van der Waals surface area contributed by atoms with Gasteiger partial charge in [0.15, 0.2) is 19.8 Å². The van der Waals surface area contributed by atoms with Crippen molar-refractivity contribution in [2.75, 3.05) is 12.5 Å². The quantitative estimate of drug-likeness (QED) is 0.687. The van der Waals surface area contributed by atoms with E-state index in [2.05, 4.69) is 25.7 Å². The van der Waals surface area contributed by atoms with E-state index in [9.17, 15) is 0 Å². The lowest BCUT2D eigenvalue weighted by Gasteiger charge is -2.28. The largest absolute Gasteiger partial charge is 0.454 e. The lowest BCUT2D eigenvalue weighted by molar-refractivity contribution is 0.173. The highest BCUT2D eigenvalue weighted by Crippen LogP contribution is 2.53. The molecule has 1 heterocycles. The number of nitrogen functional groups attached to an aromatic ring is 1. The second kappa shape index (κ2) is 4.40. The Morgan fingerprint density at radius 1 is 1.00 bits per heavy atom. The predicted molar refractivity (Wildman–Crippen MR) is 89.8 cm³/mol. The summed E-state index contributed by atoms with van der Waals surface area (Å²) in [4.78, 5) is 0. The number of ether oxygens (including phenoxy) is 2. The van der Waals surface area contributed by atoms with Gasteiger partial charge in [0.1, 0.15) is 0 Å². The van der Waals surface area contributed by atoms with Crippen LogP contribution in [-0.2, 0) is 10.0 Å². The van der Waals surface area contributed by atoms with Gasteiger partial charge in [0, 0.05) is 11.3 Å². The van der Waals surface area contributed by atoms with E-state index in [-0.39, 0.29) is 12.4 Å². The molecule has 22 heavy (non-hydrogen) atoms. The maximum absolute atomic E-state index is 6.45. The maximum Gasteiger partial charge on any atom is 0.231 e. The molecule has 2 aromatic rings. The smallest absolute Gasteiger partial charge is 0.231 e. The molecule has 1 aliphatic heterocycles. The van der Waals surface area contributed by atoms with E-state index in [0.717, 1.165) is 46.4 Å². The maximum atomic E-state index is 6.45. The summed E-state index contributed by atoms with van der Waals surface area (Å²) < 4.78 is 17.4. The highest BCUT2D eigenvalue weighted by molar-refractivity contribution is 6.69. The van der Waals surface area contributed by atoms with Crippen LogP contribution < -0.4 is 15.2 Å². The molecule has 0 bridgehead atoms. The number of rotatable bonds is 3. The topological polar surface area (TPSA) is 53.7 Å². The molecule has 0 spiro atoms. The average molecular weight is 315 g/mol. The van der Waals surface area contributed by atoms with Crippen molar-refractivity contribution in [3.8, 4) is 11.5 Å². The van der Waals surface area contributed by atoms with Crippen molar-refractivity contribution >= 4 is 24.8 Å². The zero-order valence-electron chi connectivity index (χ0n) is 13.2. The molecule has 0 amide bonds. The van der Waals surface area contributed by atoms with Crippen molar-refractivity contribution in [2.45, 2.75) is 38.1 Å². The van der Waals surface area contributed by atoms with Crippen LogP contribution in [0.15, 0.2) is 24.3 Å². The van der Waals surface area contributed by atoms with Crippen molar-refractivity contribution < 1.29 is 13.9 Å². The first kappa shape index (κ1) is 13.9. The lowest BCUT2D eigenvalue weighted by Crippen LogP contribution is -2.32. The van der Waals surface area contributed by atoms with Crippen LogP contribution in [0.1, 0.15) is 18.4 Å². The molecular formula is C17H21NO3Si. The number of anilines is 1. The Labute approximate surface area is 131 Å². The zero-order chi connectivity index (χ0) is 15.5. The number of nitrogens with two attached hydrogens (primary N) is 1. The normalized spacial score (nSPS) is 18.7. The van der Waals surface area contributed by atoms with Gasteiger partial charge in [0.25, 0.3) is 0 Å². The average Bonchev–Trinajstić information content (AvgIpc) is 3.02. The summed E-state index contributed by atoms with van der Waals surface area (Å²) in [6.45, 7) is 6.96. The third-order valence-corrected chi connectivity index (χ3v) is 5.20. The number of hydrogen-bond acceptors (Lipinski definition) is 4. The fourth-order valence-corrected chi connectivity index (χ4v) is 4.71. The van der Waals surface area contributed by atoms with Crippen molar-refractivity contribution in [1.29, 1.82) is 0 Å². The molecule has 1 fully saturated rings. The summed E-state index contributed by atoms with van der Waals surface area (Å²) in [5, 5.41) is 2.20. The summed E-state index contributed by atoms with van der Waals surface area (Å²) in [6.07, 6.45) is 2.11. The van der Waals surface area contributed by atoms with Crippen molar-refractivity contribution in [3.63, 3.8) is 0 Å². The minimum atomic E-state index is -1.62. The van der Waals surface area contributed by atoms with Crippen molar-refractivity contribution in [2.24, 2.45) is 0 Å². The van der Waals surface area contributed by atoms with E-state index < -0.39 is 8.32 Å². The van der Waals surface area contributed by atoms with E-state index >= 15 is 0 Å². The molecule has 5 heteroatoms. The van der Waals surface area contributed by atoms with Crippen LogP contribution in [0.2, 0.25) is 19.6 Å². The number of hydrogen-bond donors (Lipinski definition) is 1. The lowest BCUT2D eigenvalue weighted by atomic mass is 9.99. The molecule has 0 saturated heterocycles. The molecule has 0 aromatic heterocycles. The number of benzene rings is 2. The summed E-state index contributed by atoms with van der Waals surface area (Å²) in [5.74, 6) is 1.60. The predicted octanol–water partition coefficient (Wildman–Crippen LogP) is 3.99. The van der Waals surface area contributed by atoms with Gasteiger partial charge in [0.05, 0.1) is 5.60 Å². The minimum Gasteiger partial charge on any atom is -0.454 e. The van der Waals surface area contributed by atoms with E-state index in [4.69, 9.17) is 19.6 Å². The third kappa shape index (κ3) is 2.25. The Balaban J connectivity index is 1.82. The van der Waals surface area contributed by atoms with Gasteiger partial charge in [-0.25, -0.2) is 0 Å². The van der Waals surface area contributed by atoms with Gasteiger partial charge in [-0.1, -0.05) is 0 Å². The molecule has 2 aliphatic rings.